The molecule has 0 saturated carbocycles. The number of hydrogen-bond donors (Lipinski definition) is 2. The van der Waals surface area contributed by atoms with Gasteiger partial charge in [-0.15, -0.1) is 0 Å². The molecule has 1 aromatic carbocycles. The molecule has 4 aromatic heterocycles. The molecular formula is C44H52FN11O4. The molecule has 0 radical (unpaired) electrons. The molecule has 2 N–H and O–H groups in total. The third-order valence-electron chi connectivity index (χ3n) is 12.6. The van der Waals surface area contributed by atoms with Gasteiger partial charge in [-0.25, -0.2) is 14.1 Å². The number of alkyl halides is 1. The zero-order valence-corrected chi connectivity index (χ0v) is 34.7. The highest BCUT2D eigenvalue weighted by Gasteiger charge is 2.36. The highest BCUT2D eigenvalue weighted by Crippen LogP contribution is 2.34. The summed E-state index contributed by atoms with van der Waals surface area (Å²) in [4.78, 5) is 59.0. The number of aryl methyl sites for hydroxylation is 3. The van der Waals surface area contributed by atoms with Gasteiger partial charge in [0.25, 0.3) is 5.91 Å². The lowest BCUT2D eigenvalue weighted by molar-refractivity contribution is -0.134. The van der Waals surface area contributed by atoms with Crippen LogP contribution in [0.4, 0.5) is 21.7 Å². The first-order valence-corrected chi connectivity index (χ1v) is 21.1. The summed E-state index contributed by atoms with van der Waals surface area (Å²) in [5, 5.41) is 9.95. The van der Waals surface area contributed by atoms with E-state index in [2.05, 4.69) is 54.1 Å². The molecule has 9 rings (SSSR count). The fourth-order valence-corrected chi connectivity index (χ4v) is 9.39. The molecule has 314 valence electrons. The Bertz CT molecular complexity index is 2460. The first kappa shape index (κ1) is 39.6. The van der Waals surface area contributed by atoms with Crippen molar-refractivity contribution < 1.29 is 23.5 Å². The number of rotatable bonds is 4. The van der Waals surface area contributed by atoms with E-state index in [1.807, 2.05) is 39.1 Å². The van der Waals surface area contributed by atoms with Crippen molar-refractivity contribution in [2.24, 2.45) is 13.0 Å². The van der Waals surface area contributed by atoms with Crippen LogP contribution in [0, 0.1) is 19.8 Å². The van der Waals surface area contributed by atoms with Gasteiger partial charge in [0.1, 0.15) is 6.17 Å². The van der Waals surface area contributed by atoms with Gasteiger partial charge in [0.05, 0.1) is 64.6 Å². The second kappa shape index (κ2) is 16.3. The molecule has 15 nitrogen and oxygen atoms in total. The maximum Gasteiger partial charge on any atom is 0.258 e. The number of nitrogens with one attached hydrogen (secondary N) is 2. The Morgan fingerprint density at radius 3 is 2.48 bits per heavy atom. The predicted molar refractivity (Wildman–Crippen MR) is 226 cm³/mol. The number of benzene rings is 1. The summed E-state index contributed by atoms with van der Waals surface area (Å²) in [6.07, 6.45) is 3.90. The SMILES string of the molecule is Cc1cc2cc(n1)-c1cnn(C)c1OCCC[C@@H](C)Cn1c(nc3ccc(N4CCN([C@H]5CCN(c6ccc([C@H]7CCC(=O)NC7=O)nc6C)C[C@@H]5F)CC4)cc31)NC2=O. The minimum Gasteiger partial charge on any atom is -0.477 e. The van der Waals surface area contributed by atoms with E-state index in [4.69, 9.17) is 19.7 Å². The fraction of sp³-hybridized carbons (Fsp3) is 0.477. The smallest absolute Gasteiger partial charge is 0.258 e. The van der Waals surface area contributed by atoms with Crippen LogP contribution in [0.15, 0.2) is 48.7 Å². The molecule has 4 atom stereocenters. The number of amides is 3. The Morgan fingerprint density at radius 2 is 1.70 bits per heavy atom. The Balaban J connectivity index is 0.879. The van der Waals surface area contributed by atoms with E-state index in [-0.39, 0.29) is 36.2 Å². The lowest BCUT2D eigenvalue weighted by Gasteiger charge is -2.45. The fourth-order valence-electron chi connectivity index (χ4n) is 9.39. The van der Waals surface area contributed by atoms with Crippen LogP contribution in [-0.4, -0.2) is 110 Å². The van der Waals surface area contributed by atoms with E-state index in [0.717, 1.165) is 72.7 Å². The molecule has 8 heterocycles. The van der Waals surface area contributed by atoms with Gasteiger partial charge >= 0.3 is 0 Å². The minimum absolute atomic E-state index is 0.169. The Kier molecular flexibility index (Phi) is 10.7. The largest absolute Gasteiger partial charge is 0.477 e. The van der Waals surface area contributed by atoms with E-state index < -0.39 is 12.1 Å². The predicted octanol–water partition coefficient (Wildman–Crippen LogP) is 5.16. The van der Waals surface area contributed by atoms with Gasteiger partial charge in [0.15, 0.2) is 0 Å². The van der Waals surface area contributed by atoms with Crippen LogP contribution in [-0.2, 0) is 23.2 Å². The van der Waals surface area contributed by atoms with Crippen molar-refractivity contribution in [2.75, 3.05) is 61.0 Å². The van der Waals surface area contributed by atoms with Gasteiger partial charge in [-0.2, -0.15) is 5.10 Å². The molecule has 60 heavy (non-hydrogen) atoms. The molecule has 4 aliphatic rings. The molecule has 0 unspecified atom stereocenters. The average Bonchev–Trinajstić information content (AvgIpc) is 3.77. The molecule has 3 amide bonds. The summed E-state index contributed by atoms with van der Waals surface area (Å²) >= 11 is 0. The van der Waals surface area contributed by atoms with Crippen molar-refractivity contribution in [3.05, 3.63) is 71.3 Å². The molecule has 3 saturated heterocycles. The summed E-state index contributed by atoms with van der Waals surface area (Å²) in [5.41, 5.74) is 7.67. The molecule has 2 bridgehead atoms. The molecule has 0 spiro atoms. The number of pyridine rings is 2. The molecule has 3 fully saturated rings. The van der Waals surface area contributed by atoms with E-state index in [0.29, 0.717) is 73.4 Å². The number of nitrogens with zero attached hydrogens (tertiary/aromatic N) is 9. The van der Waals surface area contributed by atoms with Crippen molar-refractivity contribution in [3.8, 4) is 17.1 Å². The summed E-state index contributed by atoms with van der Waals surface area (Å²) in [5.74, 6) is 0.129. The zero-order chi connectivity index (χ0) is 41.7. The quantitative estimate of drug-likeness (QED) is 0.231. The second-order valence-electron chi connectivity index (χ2n) is 16.8. The highest BCUT2D eigenvalue weighted by molar-refractivity contribution is 6.05. The third-order valence-corrected chi connectivity index (χ3v) is 12.6. The number of imidazole rings is 1. The van der Waals surface area contributed by atoms with Gasteiger partial charge in [0, 0.05) is 75.7 Å². The van der Waals surface area contributed by atoms with Crippen LogP contribution in [0.2, 0.25) is 0 Å². The third kappa shape index (κ3) is 7.80. The summed E-state index contributed by atoms with van der Waals surface area (Å²) < 4.78 is 26.1. The number of carbonyl (C=O) groups excluding carboxylic acids is 3. The first-order chi connectivity index (χ1) is 29.0. The van der Waals surface area contributed by atoms with Gasteiger partial charge in [-0.05, 0) is 87.9 Å². The Labute approximate surface area is 348 Å². The number of carbonyl (C=O) groups is 3. The topological polar surface area (TPSA) is 156 Å². The number of halogens is 1. The van der Waals surface area contributed by atoms with Crippen molar-refractivity contribution in [1.82, 2.24) is 39.5 Å². The van der Waals surface area contributed by atoms with Gasteiger partial charge in [-0.1, -0.05) is 6.92 Å². The maximum atomic E-state index is 16.1. The summed E-state index contributed by atoms with van der Waals surface area (Å²) in [7, 11) is 1.84. The van der Waals surface area contributed by atoms with Gasteiger partial charge < -0.3 is 19.1 Å². The van der Waals surface area contributed by atoms with E-state index in [1.54, 1.807) is 23.0 Å². The summed E-state index contributed by atoms with van der Waals surface area (Å²) in [6, 6.07) is 13.5. The average molecular weight is 818 g/mol. The first-order valence-electron chi connectivity index (χ1n) is 21.1. The number of aromatic nitrogens is 6. The molecular weight excluding hydrogens is 766 g/mol. The van der Waals surface area contributed by atoms with Gasteiger partial charge in [-0.3, -0.25) is 39.9 Å². The van der Waals surface area contributed by atoms with E-state index in [1.165, 1.54) is 0 Å². The zero-order valence-electron chi connectivity index (χ0n) is 34.7. The molecule has 0 aliphatic carbocycles. The van der Waals surface area contributed by atoms with Gasteiger partial charge in [0.2, 0.25) is 23.6 Å². The van der Waals surface area contributed by atoms with Crippen LogP contribution >= 0.6 is 0 Å². The van der Waals surface area contributed by atoms with Crippen molar-refractivity contribution in [3.63, 3.8) is 0 Å². The number of piperidine rings is 2. The minimum atomic E-state index is -1.03. The Morgan fingerprint density at radius 1 is 0.867 bits per heavy atom. The summed E-state index contributed by atoms with van der Waals surface area (Å²) in [6.45, 7) is 11.2. The highest BCUT2D eigenvalue weighted by atomic mass is 19.1. The van der Waals surface area contributed by atoms with Crippen molar-refractivity contribution in [2.45, 2.75) is 77.6 Å². The molecule has 16 heteroatoms. The second-order valence-corrected chi connectivity index (χ2v) is 16.8. The number of ether oxygens (including phenoxy) is 1. The number of anilines is 3. The lowest BCUT2D eigenvalue weighted by atomic mass is 9.93. The monoisotopic (exact) mass is 817 g/mol. The number of imide groups is 1. The van der Waals surface area contributed by atoms with Crippen LogP contribution in [0.25, 0.3) is 22.3 Å². The van der Waals surface area contributed by atoms with Crippen LogP contribution < -0.4 is 25.2 Å². The standard InChI is InChI=1S/C44H52FN11O4/c1-26-6-5-19-60-43-32(23-46-52(43)4)36-21-29(20-27(2)47-36)41(58)51-44-49-35-9-7-30(22-39(35)56(44)24-26)53-15-17-54(18-16-53)38-13-14-55(25-33(38)45)37-11-10-34(48-28(37)3)31-8-12-40(57)50-42(31)59/h7,9-11,20-23,26,31,33,38H,5-6,8,12-19,24-25H2,1-4H3,(H,49,51,58)(H,50,57,59)/t26-,31-,33+,38+/m1/s1. The van der Waals surface area contributed by atoms with Crippen LogP contribution in [0.5, 0.6) is 5.88 Å². The van der Waals surface area contributed by atoms with E-state index in [9.17, 15) is 14.4 Å². The number of hydrogen-bond acceptors (Lipinski definition) is 11. The van der Waals surface area contributed by atoms with Crippen LogP contribution in [0.1, 0.15) is 72.4 Å². The number of fused-ring (bicyclic) bond motifs is 7. The normalized spacial score (nSPS) is 23.2. The molecule has 4 aliphatic heterocycles. The van der Waals surface area contributed by atoms with E-state index >= 15 is 4.39 Å². The lowest BCUT2D eigenvalue weighted by Crippen LogP contribution is -2.58. The van der Waals surface area contributed by atoms with Crippen LogP contribution in [0.3, 0.4) is 0 Å². The number of piperazine rings is 1. The van der Waals surface area contributed by atoms with Crippen molar-refractivity contribution >= 4 is 46.1 Å². The van der Waals surface area contributed by atoms with Crippen molar-refractivity contribution in [1.29, 1.82) is 0 Å². The molecule has 5 aromatic rings. The Hall–Kier alpha value is -5.90. The maximum absolute atomic E-state index is 16.1.